The summed E-state index contributed by atoms with van der Waals surface area (Å²) in [6.45, 7) is 3.73. The molecule has 3 nitrogen and oxygen atoms in total. The minimum atomic E-state index is -2.33. The molecule has 386 valence electrons. The second-order valence-corrected chi connectivity index (χ2v) is 33.2. The molecule has 2 aliphatic heterocycles. The van der Waals surface area contributed by atoms with Crippen LogP contribution < -0.4 is 10.6 Å². The Morgan fingerprint density at radius 3 is 0.517 bits per heavy atom. The van der Waals surface area contributed by atoms with Crippen molar-refractivity contribution in [3.05, 3.63) is 34.9 Å². The van der Waals surface area contributed by atoms with Gasteiger partial charge in [0.25, 0.3) is 0 Å². The molecule has 1 saturated heterocycles. The first-order valence-electron chi connectivity index (χ1n) is 39.0. The van der Waals surface area contributed by atoms with Gasteiger partial charge in [-0.3, -0.25) is 0 Å². The molecule has 0 aliphatic carbocycles. The molecule has 2 heterocycles. The average Bonchev–Trinajstić information content (AvgIpc) is 0.708. The number of nitrogens with one attached hydrogen (secondary N) is 2. The van der Waals surface area contributed by atoms with Crippen LogP contribution in [0, 0.1) is 0 Å². The zero-order valence-electron chi connectivity index (χ0n) is 67.2. The summed E-state index contributed by atoms with van der Waals surface area (Å²) in [6.07, 6.45) is -91.7. The van der Waals surface area contributed by atoms with E-state index in [0.29, 0.717) is 0 Å². The summed E-state index contributed by atoms with van der Waals surface area (Å²) in [4.78, 5) is 0. The van der Waals surface area contributed by atoms with Crippen molar-refractivity contribution < 1.29 is 5.11 Å². The lowest BCUT2D eigenvalue weighted by molar-refractivity contribution is 0.00587. The third kappa shape index (κ3) is 31.1. The maximum absolute atomic E-state index is 10.6. The van der Waals surface area contributed by atoms with Crippen molar-refractivity contribution in [2.75, 3.05) is 13.1 Å². The Morgan fingerprint density at radius 2 is 0.345 bits per heavy atom. The predicted molar refractivity (Wildman–Crippen MR) is 638 cm³/mol. The van der Waals surface area contributed by atoms with Gasteiger partial charge < -0.3 is 15.7 Å². The quantitative estimate of drug-likeness (QED) is 0.0570. The van der Waals surface area contributed by atoms with Gasteiger partial charge in [-0.2, -0.15) is 0 Å². The number of hydrogen-bond acceptors (Lipinski definition) is 3. The molecule has 102 radical (unpaired) electrons. The van der Waals surface area contributed by atoms with E-state index in [4.69, 9.17) is 395 Å². The Morgan fingerprint density at radius 1 is 0.190 bits per heavy atom. The normalized spacial score (nSPS) is 11.7. The first-order valence-corrected chi connectivity index (χ1v) is 39.0. The van der Waals surface area contributed by atoms with Crippen LogP contribution in [0.15, 0.2) is 18.2 Å². The van der Waals surface area contributed by atoms with E-state index in [1.165, 1.54) is 11.1 Å². The zero-order chi connectivity index (χ0) is 90.3. The average molecular weight is 1300 g/mol. The first-order chi connectivity index (χ1) is 53.2. The fourth-order valence-electron chi connectivity index (χ4n) is 20.7. The van der Waals surface area contributed by atoms with Gasteiger partial charge in [0.15, 0.2) is 0 Å². The van der Waals surface area contributed by atoms with E-state index in [0.717, 1.165) is 44.6 Å². The van der Waals surface area contributed by atoms with Crippen LogP contribution >= 0.6 is 0 Å². The van der Waals surface area contributed by atoms with Crippen molar-refractivity contribution >= 4 is 707 Å². The minimum absolute atomic E-state index is 0.608. The van der Waals surface area contributed by atoms with Gasteiger partial charge >= 0.3 is 0 Å². The minimum Gasteiger partial charge on any atom is -0.385 e. The van der Waals surface area contributed by atoms with Crippen molar-refractivity contribution in [2.24, 2.45) is 0 Å². The summed E-state index contributed by atoms with van der Waals surface area (Å²) in [5, 5.41) is 17.2. The molecule has 1 aromatic carbocycles. The molecule has 0 unspecified atom stereocenters. The molecule has 116 heavy (non-hydrogen) atoms. The van der Waals surface area contributed by atoms with E-state index in [1.807, 2.05) is 0 Å². The van der Waals surface area contributed by atoms with Crippen LogP contribution in [-0.2, 0) is 18.7 Å². The number of rotatable bonds is 49. The van der Waals surface area contributed by atoms with Crippen LogP contribution in [0.2, 0.25) is 0 Å². The van der Waals surface area contributed by atoms with Gasteiger partial charge in [0.05, 0.1) is 5.60 Å². The number of hydrogen-bond donors (Lipinski definition) is 3. The Balaban J connectivity index is 0.00000248. The topological polar surface area (TPSA) is 44.3 Å². The standard InChI is InChI=1S/C13H18N2O.B100/c16-13(3-5-14-6-4-13)12-2-1-10-8-15-9-11(10)7-12;1-52(2)77(51)90(78(53(3)4)54(5)6)96(89(75(47)48)76(49)50)99(95(87(71(39)40)72(41)42)88(73(43)44)74(45)46)100(97(91(79(55(7)8)56(9)10)80(57(11)12)58(13)14)92(81(59(15)16)60(17)18)82(61(19)20)62(21)22)98(93(83(63(23)24)64(25)26)84(65(27)28)66(29)30)94(85(67(31)32)68(33)34)86(69(35)36)70(37)38/h1-2,7,14-16H,3-6,8-9H2;. The highest BCUT2D eigenvalue weighted by molar-refractivity contribution is 8.44. The summed E-state index contributed by atoms with van der Waals surface area (Å²) < 4.78 is 0. The summed E-state index contributed by atoms with van der Waals surface area (Å²) in [7, 11) is 363. The van der Waals surface area contributed by atoms with Gasteiger partial charge in [-0.05, 0) is 42.6 Å². The molecule has 0 saturated carbocycles. The van der Waals surface area contributed by atoms with Gasteiger partial charge in [0, 0.05) is 721 Å². The SMILES string of the molecule is OC1(c2ccc3c(c2)CNC3)CCNCC1.[B]B([B])B([B])B(B(B([B])[B])B([B])[B])B(B(B([B])[B])B([B])[B])B(B(B(B([B])[B])B([B])[B])B(B([B])[B])B([B])[B])B(B(B(B(B([B])[B])B([B])[B])B(B([B])[B])B([B])[B])B(B(B([B])[B])B([B])[B])B(B([B])[B])B([B])[B])B(B(B(B([B])[B])B([B])[B])B(B([B])[B])B([B])[B])B(B(B([B])[B])B([B])[B])B(B([B])[B])B([B])[B]. The highest BCUT2D eigenvalue weighted by Gasteiger charge is 2.69. The van der Waals surface area contributed by atoms with Crippen LogP contribution in [0.25, 0.3) is 0 Å². The van der Waals surface area contributed by atoms with Crippen LogP contribution in [0.3, 0.4) is 0 Å². The maximum atomic E-state index is 10.6. The molecular weight excluding hydrogens is 1280 g/mol. The Bertz CT molecular complexity index is 2430. The lowest BCUT2D eigenvalue weighted by atomic mass is 8.18. The van der Waals surface area contributed by atoms with Gasteiger partial charge in [0.1, 0.15) is 0 Å². The summed E-state index contributed by atoms with van der Waals surface area (Å²) >= 11 is 0. The summed E-state index contributed by atoms with van der Waals surface area (Å²) in [5.41, 5.74) is 3.21. The summed E-state index contributed by atoms with van der Waals surface area (Å²) in [6, 6.07) is 6.43. The van der Waals surface area contributed by atoms with E-state index >= 15 is 0 Å². The van der Waals surface area contributed by atoms with Crippen LogP contribution in [0.4, 0.5) is 0 Å². The molecule has 0 atom stereocenters. The molecular formula is C13H18B100N2O. The van der Waals surface area contributed by atoms with Gasteiger partial charge in [0.2, 0.25) is 0 Å². The monoisotopic (exact) mass is 1320 g/mol. The maximum Gasteiger partial charge on any atom is 0.0920 e. The molecule has 2 aliphatic rings. The number of piperidine rings is 1. The van der Waals surface area contributed by atoms with Gasteiger partial charge in [-0.25, -0.2) is 0 Å². The predicted octanol–water partition coefficient (Wildman–Crippen LogP) is -37.2. The van der Waals surface area contributed by atoms with Crippen molar-refractivity contribution in [3.63, 3.8) is 0 Å². The van der Waals surface area contributed by atoms with Gasteiger partial charge in [-0.1, -0.05) is 18.2 Å². The zero-order valence-corrected chi connectivity index (χ0v) is 67.2. The van der Waals surface area contributed by atoms with Crippen molar-refractivity contribution in [1.82, 2.24) is 10.6 Å². The fraction of sp³-hybridized carbons (Fsp3) is 0.538. The molecule has 3 N–H and O–H groups in total. The Hall–Kier alpha value is 5.59. The van der Waals surface area contributed by atoms with E-state index in [9.17, 15) is 5.11 Å². The van der Waals surface area contributed by atoms with Crippen LogP contribution in [-0.4, -0.2) is 726 Å². The molecule has 0 aromatic heterocycles. The highest BCUT2D eigenvalue weighted by Crippen LogP contribution is 2.34. The lowest BCUT2D eigenvalue weighted by Crippen LogP contribution is -3.01. The molecule has 0 bridgehead atoms. The van der Waals surface area contributed by atoms with Crippen LogP contribution in [0.1, 0.15) is 29.5 Å². The van der Waals surface area contributed by atoms with E-state index < -0.39 is 318 Å². The molecule has 3 rings (SSSR count). The molecule has 0 spiro atoms. The molecule has 1 fully saturated rings. The molecule has 0 amide bonds. The van der Waals surface area contributed by atoms with Gasteiger partial charge in [-0.15, -0.1) is 0 Å². The fourth-order valence-corrected chi connectivity index (χ4v) is 20.7. The third-order valence-electron chi connectivity index (χ3n) is 25.1. The van der Waals surface area contributed by atoms with E-state index in [-0.39, 0.29) is 0 Å². The lowest BCUT2D eigenvalue weighted by Gasteiger charge is -2.63. The smallest absolute Gasteiger partial charge is 0.0920 e. The van der Waals surface area contributed by atoms with Crippen molar-refractivity contribution in [3.8, 4) is 0 Å². The molecule has 1 aromatic rings. The van der Waals surface area contributed by atoms with E-state index in [1.54, 1.807) is 0 Å². The molecule has 103 heteroatoms. The number of benzene rings is 1. The van der Waals surface area contributed by atoms with Crippen molar-refractivity contribution in [2.45, 2.75) is 31.5 Å². The first kappa shape index (κ1) is 118. The number of aliphatic hydroxyl groups is 1. The van der Waals surface area contributed by atoms with Crippen molar-refractivity contribution in [1.29, 1.82) is 0 Å². The summed E-state index contributed by atoms with van der Waals surface area (Å²) in [5.74, 6) is 0. The number of fused-ring (bicyclic) bond motifs is 1. The second kappa shape index (κ2) is 54.1. The largest absolute Gasteiger partial charge is 0.385 e. The second-order valence-electron chi connectivity index (χ2n) is 33.2. The Kier molecular flexibility index (Phi) is 54.8. The Labute approximate surface area is 794 Å². The van der Waals surface area contributed by atoms with E-state index in [2.05, 4.69) is 28.8 Å². The third-order valence-corrected chi connectivity index (χ3v) is 25.1. The highest BCUT2D eigenvalue weighted by atomic mass is 16.3. The van der Waals surface area contributed by atoms with Crippen LogP contribution in [0.5, 0.6) is 0 Å².